The maximum atomic E-state index is 13.1. The molecule has 0 amide bonds. The second-order valence-electron chi connectivity index (χ2n) is 3.40. The van der Waals surface area contributed by atoms with Gasteiger partial charge in [-0.15, -0.1) is 0 Å². The number of aromatic nitrogens is 1. The second kappa shape index (κ2) is 3.13. The summed E-state index contributed by atoms with van der Waals surface area (Å²) in [6.07, 6.45) is 0. The van der Waals surface area contributed by atoms with Crippen LogP contribution in [0, 0.1) is 5.82 Å². The lowest BCUT2D eigenvalue weighted by Gasteiger charge is -2.04. The van der Waals surface area contributed by atoms with Crippen LogP contribution in [0.15, 0.2) is 45.6 Å². The first-order valence-electron chi connectivity index (χ1n) is 4.74. The lowest BCUT2D eigenvalue weighted by molar-refractivity contribution is 0.591. The first-order chi connectivity index (χ1) is 7.75. The number of halogens is 1. The summed E-state index contributed by atoms with van der Waals surface area (Å²) >= 11 is 0. The molecule has 1 heterocycles. The van der Waals surface area contributed by atoms with Gasteiger partial charge in [-0.3, -0.25) is 4.79 Å². The molecule has 4 heteroatoms. The van der Waals surface area contributed by atoms with Gasteiger partial charge in [0.2, 0.25) is 5.43 Å². The minimum atomic E-state index is -0.814. The Balaban J connectivity index is 2.53. The normalized spacial score (nSPS) is 11.1. The summed E-state index contributed by atoms with van der Waals surface area (Å²) in [7, 11) is 0. The Hall–Kier alpha value is -2.23. The molecule has 3 nitrogen and oxygen atoms in total. The molecule has 16 heavy (non-hydrogen) atoms. The van der Waals surface area contributed by atoms with E-state index in [4.69, 9.17) is 4.42 Å². The van der Waals surface area contributed by atoms with E-state index in [1.54, 1.807) is 24.3 Å². The Morgan fingerprint density at radius 3 is 2.81 bits per heavy atom. The van der Waals surface area contributed by atoms with Gasteiger partial charge in [-0.1, -0.05) is 12.1 Å². The molecule has 1 aromatic rings. The highest BCUT2D eigenvalue weighted by Gasteiger charge is 2.14. The van der Waals surface area contributed by atoms with Crippen molar-refractivity contribution in [3.05, 3.63) is 52.4 Å². The third-order valence-corrected chi connectivity index (χ3v) is 2.36. The summed E-state index contributed by atoms with van der Waals surface area (Å²) < 4.78 is 18.5. The van der Waals surface area contributed by atoms with Gasteiger partial charge in [-0.2, -0.15) is 0 Å². The van der Waals surface area contributed by atoms with Crippen molar-refractivity contribution in [2.75, 3.05) is 0 Å². The molecule has 1 aliphatic heterocycles. The first kappa shape index (κ1) is 9.03. The van der Waals surface area contributed by atoms with E-state index in [1.165, 1.54) is 6.07 Å². The maximum absolute atomic E-state index is 13.1. The molecule has 0 aromatic heterocycles. The monoisotopic (exact) mass is 215 g/mol. The van der Waals surface area contributed by atoms with E-state index in [0.29, 0.717) is 16.9 Å². The maximum Gasteiger partial charge on any atom is 0.243 e. The standard InChI is InChI=1S/C12H6FNO2/c13-7-5-6-10-11(12(7)15)14-8-3-1-2-4-9(8)16-10/h1-6H. The highest BCUT2D eigenvalue weighted by Crippen LogP contribution is 2.22. The average Bonchev–Trinajstić information content (AvgIpc) is 2.32. The smallest absolute Gasteiger partial charge is 0.243 e. The third kappa shape index (κ3) is 1.20. The molecule has 1 aliphatic carbocycles. The Bertz CT molecular complexity index is 705. The van der Waals surface area contributed by atoms with Crippen LogP contribution in [0.5, 0.6) is 0 Å². The van der Waals surface area contributed by atoms with Crippen molar-refractivity contribution >= 4 is 11.1 Å². The summed E-state index contributed by atoms with van der Waals surface area (Å²) in [5.74, 6) is -0.518. The van der Waals surface area contributed by atoms with Crippen LogP contribution < -0.4 is 5.43 Å². The molecule has 78 valence electrons. The highest BCUT2D eigenvalue weighted by molar-refractivity contribution is 5.75. The van der Waals surface area contributed by atoms with Crippen LogP contribution >= 0.6 is 0 Å². The number of nitrogens with zero attached hydrogens (tertiary/aromatic N) is 1. The molecular formula is C12H6FNO2. The number of hydrogen-bond donors (Lipinski definition) is 0. The van der Waals surface area contributed by atoms with Crippen LogP contribution in [0.3, 0.4) is 0 Å². The zero-order valence-corrected chi connectivity index (χ0v) is 8.11. The van der Waals surface area contributed by atoms with Gasteiger partial charge in [-0.05, 0) is 24.3 Å². The van der Waals surface area contributed by atoms with E-state index in [-0.39, 0.29) is 5.69 Å². The first-order valence-corrected chi connectivity index (χ1v) is 4.74. The van der Waals surface area contributed by atoms with Crippen molar-refractivity contribution in [2.24, 2.45) is 0 Å². The number of fused-ring (bicyclic) bond motifs is 2. The lowest BCUT2D eigenvalue weighted by Crippen LogP contribution is -2.11. The third-order valence-electron chi connectivity index (χ3n) is 2.36. The summed E-state index contributed by atoms with van der Waals surface area (Å²) in [6.45, 7) is 0. The number of hydrogen-bond acceptors (Lipinski definition) is 3. The quantitative estimate of drug-likeness (QED) is 0.541. The predicted octanol–water partition coefficient (Wildman–Crippen LogP) is 2.43. The fraction of sp³-hybridized carbons (Fsp3) is 0. The van der Waals surface area contributed by atoms with Crippen LogP contribution in [-0.4, -0.2) is 4.98 Å². The van der Waals surface area contributed by atoms with Gasteiger partial charge in [0.15, 0.2) is 22.9 Å². The number of rotatable bonds is 0. The molecule has 0 saturated carbocycles. The number of benzene rings is 2. The SMILES string of the molecule is O=c1c(F)ccc2oc3ccccc3nc1-2. The molecule has 0 saturated heterocycles. The van der Waals surface area contributed by atoms with Gasteiger partial charge in [0.25, 0.3) is 0 Å². The molecule has 0 N–H and O–H groups in total. The Labute approximate surface area is 89.5 Å². The van der Waals surface area contributed by atoms with E-state index in [9.17, 15) is 9.18 Å². The summed E-state index contributed by atoms with van der Waals surface area (Å²) in [4.78, 5) is 15.6. The highest BCUT2D eigenvalue weighted by atomic mass is 19.1. The van der Waals surface area contributed by atoms with Gasteiger partial charge in [0.1, 0.15) is 5.52 Å². The summed E-state index contributed by atoms with van der Waals surface area (Å²) in [5.41, 5.74) is 0.407. The molecular weight excluding hydrogens is 209 g/mol. The molecule has 1 aromatic carbocycles. The van der Waals surface area contributed by atoms with Gasteiger partial charge in [0, 0.05) is 0 Å². The average molecular weight is 215 g/mol. The largest absolute Gasteiger partial charge is 0.453 e. The van der Waals surface area contributed by atoms with Crippen molar-refractivity contribution in [1.82, 2.24) is 4.98 Å². The lowest BCUT2D eigenvalue weighted by atomic mass is 10.2. The summed E-state index contributed by atoms with van der Waals surface area (Å²) in [6, 6.07) is 9.54. The second-order valence-corrected chi connectivity index (χ2v) is 3.40. The molecule has 3 rings (SSSR count). The minimum Gasteiger partial charge on any atom is -0.453 e. The molecule has 0 atom stereocenters. The number of para-hydroxylation sites is 2. The topological polar surface area (TPSA) is 43.1 Å². The Kier molecular flexibility index (Phi) is 1.77. The fourth-order valence-electron chi connectivity index (χ4n) is 1.59. The molecule has 0 radical (unpaired) electrons. The Morgan fingerprint density at radius 2 is 1.94 bits per heavy atom. The van der Waals surface area contributed by atoms with Crippen LogP contribution in [-0.2, 0) is 0 Å². The zero-order chi connectivity index (χ0) is 11.1. The van der Waals surface area contributed by atoms with Crippen molar-refractivity contribution in [3.63, 3.8) is 0 Å². The Morgan fingerprint density at radius 1 is 1.12 bits per heavy atom. The molecule has 0 spiro atoms. The van der Waals surface area contributed by atoms with E-state index in [2.05, 4.69) is 4.98 Å². The van der Waals surface area contributed by atoms with Gasteiger partial charge in [0.05, 0.1) is 0 Å². The van der Waals surface area contributed by atoms with Crippen LogP contribution in [0.2, 0.25) is 0 Å². The molecule has 0 bridgehead atoms. The van der Waals surface area contributed by atoms with Gasteiger partial charge in [-0.25, -0.2) is 9.37 Å². The minimum absolute atomic E-state index is 0.0266. The van der Waals surface area contributed by atoms with E-state index >= 15 is 0 Å². The van der Waals surface area contributed by atoms with E-state index in [1.807, 2.05) is 0 Å². The molecule has 0 unspecified atom stereocenters. The van der Waals surface area contributed by atoms with Crippen molar-refractivity contribution in [1.29, 1.82) is 0 Å². The van der Waals surface area contributed by atoms with Crippen LogP contribution in [0.25, 0.3) is 22.6 Å². The fourth-order valence-corrected chi connectivity index (χ4v) is 1.59. The van der Waals surface area contributed by atoms with Gasteiger partial charge < -0.3 is 4.42 Å². The van der Waals surface area contributed by atoms with E-state index < -0.39 is 11.2 Å². The zero-order valence-electron chi connectivity index (χ0n) is 8.11. The van der Waals surface area contributed by atoms with E-state index in [0.717, 1.165) is 6.07 Å². The van der Waals surface area contributed by atoms with Crippen LogP contribution in [0.4, 0.5) is 4.39 Å². The molecule has 0 fully saturated rings. The van der Waals surface area contributed by atoms with Crippen LogP contribution in [0.1, 0.15) is 0 Å². The van der Waals surface area contributed by atoms with Crippen molar-refractivity contribution in [2.45, 2.75) is 0 Å². The predicted molar refractivity (Wildman–Crippen MR) is 56.9 cm³/mol. The van der Waals surface area contributed by atoms with Crippen molar-refractivity contribution in [3.8, 4) is 11.5 Å². The molecule has 2 aliphatic rings. The van der Waals surface area contributed by atoms with Crippen molar-refractivity contribution < 1.29 is 8.81 Å². The van der Waals surface area contributed by atoms with Gasteiger partial charge >= 0.3 is 0 Å². The summed E-state index contributed by atoms with van der Waals surface area (Å²) in [5, 5.41) is 0.